The van der Waals surface area contributed by atoms with E-state index in [4.69, 9.17) is 4.98 Å². The van der Waals surface area contributed by atoms with E-state index >= 15 is 0 Å². The molecular weight excluding hydrogens is 278 g/mol. The Bertz CT molecular complexity index is 420. The van der Waals surface area contributed by atoms with Crippen molar-refractivity contribution < 1.29 is 0 Å². The number of anilines is 1. The summed E-state index contributed by atoms with van der Waals surface area (Å²) in [4.78, 5) is 8.93. The van der Waals surface area contributed by atoms with E-state index in [1.165, 1.54) is 60.9 Å². The second-order valence-electron chi connectivity index (χ2n) is 6.55. The molecule has 2 rings (SSSR count). The lowest BCUT2D eigenvalue weighted by molar-refractivity contribution is 0.534. The van der Waals surface area contributed by atoms with E-state index in [1.807, 2.05) is 11.3 Å². The van der Waals surface area contributed by atoms with Gasteiger partial charge in [-0.05, 0) is 32.1 Å². The van der Waals surface area contributed by atoms with Gasteiger partial charge >= 0.3 is 0 Å². The van der Waals surface area contributed by atoms with Crippen molar-refractivity contribution in [1.29, 1.82) is 0 Å². The van der Waals surface area contributed by atoms with Crippen molar-refractivity contribution in [2.75, 3.05) is 18.0 Å². The third-order valence-corrected chi connectivity index (χ3v) is 5.50. The van der Waals surface area contributed by atoms with E-state index in [1.54, 1.807) is 0 Å². The Morgan fingerprint density at radius 3 is 2.38 bits per heavy atom. The Labute approximate surface area is 134 Å². The first-order chi connectivity index (χ1) is 10.1. The molecule has 4 heteroatoms. The number of rotatable bonds is 6. The number of nitrogens with one attached hydrogen (secondary N) is 1. The fraction of sp³-hybridized carbons (Fsp3) is 0.824. The van der Waals surface area contributed by atoms with Crippen LogP contribution in [0.1, 0.15) is 76.3 Å². The molecule has 2 heterocycles. The molecule has 0 aromatic carbocycles. The molecule has 0 saturated carbocycles. The van der Waals surface area contributed by atoms with Crippen molar-refractivity contribution in [3.8, 4) is 0 Å². The predicted molar refractivity (Wildman–Crippen MR) is 93.5 cm³/mol. The monoisotopic (exact) mass is 309 g/mol. The van der Waals surface area contributed by atoms with Crippen LogP contribution in [0, 0.1) is 0 Å². The topological polar surface area (TPSA) is 28.2 Å². The molecule has 1 aliphatic rings. The summed E-state index contributed by atoms with van der Waals surface area (Å²) in [6.45, 7) is 12.3. The van der Waals surface area contributed by atoms with Crippen LogP contribution in [0.4, 0.5) is 5.13 Å². The number of nitrogens with zero attached hydrogens (tertiary/aromatic N) is 2. The molecule has 1 aromatic heterocycles. The van der Waals surface area contributed by atoms with E-state index in [2.05, 4.69) is 37.9 Å². The summed E-state index contributed by atoms with van der Waals surface area (Å²) in [5.74, 6) is 0.510. The maximum absolute atomic E-state index is 4.98. The normalized spacial score (nSPS) is 18.0. The minimum atomic E-state index is 0.510. The number of aromatic nitrogens is 1. The summed E-state index contributed by atoms with van der Waals surface area (Å²) in [6.07, 6.45) is 6.56. The Kier molecular flexibility index (Phi) is 6.49. The first-order valence-corrected chi connectivity index (χ1v) is 9.41. The molecule has 1 fully saturated rings. The Balaban J connectivity index is 2.11. The van der Waals surface area contributed by atoms with Crippen molar-refractivity contribution in [2.24, 2.45) is 0 Å². The summed E-state index contributed by atoms with van der Waals surface area (Å²) in [6, 6.07) is 0.578. The van der Waals surface area contributed by atoms with Crippen LogP contribution in [-0.4, -0.2) is 24.1 Å². The fourth-order valence-electron chi connectivity index (χ4n) is 2.74. The molecule has 1 aliphatic heterocycles. The van der Waals surface area contributed by atoms with Crippen molar-refractivity contribution in [3.63, 3.8) is 0 Å². The Morgan fingerprint density at radius 1 is 1.14 bits per heavy atom. The second kappa shape index (κ2) is 8.14. The molecule has 0 aliphatic carbocycles. The van der Waals surface area contributed by atoms with Crippen LogP contribution in [0.2, 0.25) is 0 Å². The molecule has 0 spiro atoms. The highest BCUT2D eigenvalue weighted by Crippen LogP contribution is 2.32. The molecule has 120 valence electrons. The van der Waals surface area contributed by atoms with Gasteiger partial charge in [-0.15, -0.1) is 11.3 Å². The van der Waals surface area contributed by atoms with Crippen molar-refractivity contribution in [3.05, 3.63) is 10.6 Å². The molecule has 1 N–H and O–H groups in total. The van der Waals surface area contributed by atoms with Gasteiger partial charge in [0.05, 0.1) is 5.69 Å². The molecular formula is C17H31N3S. The summed E-state index contributed by atoms with van der Waals surface area (Å²) in [7, 11) is 0. The van der Waals surface area contributed by atoms with E-state index in [9.17, 15) is 0 Å². The highest BCUT2D eigenvalue weighted by atomic mass is 32.1. The second-order valence-corrected chi connectivity index (χ2v) is 7.61. The van der Waals surface area contributed by atoms with Gasteiger partial charge in [0.2, 0.25) is 0 Å². The molecule has 0 amide bonds. The summed E-state index contributed by atoms with van der Waals surface area (Å²) in [5.41, 5.74) is 1.30. The number of hydrogen-bond donors (Lipinski definition) is 1. The van der Waals surface area contributed by atoms with Crippen LogP contribution >= 0.6 is 11.3 Å². The smallest absolute Gasteiger partial charge is 0.185 e. The van der Waals surface area contributed by atoms with Gasteiger partial charge in [-0.3, -0.25) is 0 Å². The molecule has 0 bridgehead atoms. The van der Waals surface area contributed by atoms with Crippen LogP contribution in [0.5, 0.6) is 0 Å². The van der Waals surface area contributed by atoms with E-state index < -0.39 is 0 Å². The molecule has 1 aromatic rings. The molecule has 3 nitrogen and oxygen atoms in total. The maximum Gasteiger partial charge on any atom is 0.185 e. The van der Waals surface area contributed by atoms with Gasteiger partial charge in [0.15, 0.2) is 5.13 Å². The summed E-state index contributed by atoms with van der Waals surface area (Å²) >= 11 is 1.91. The zero-order valence-electron chi connectivity index (χ0n) is 14.1. The molecule has 0 radical (unpaired) electrons. The van der Waals surface area contributed by atoms with Crippen LogP contribution in [0.15, 0.2) is 0 Å². The zero-order valence-corrected chi connectivity index (χ0v) is 14.9. The first kappa shape index (κ1) is 16.8. The molecule has 21 heavy (non-hydrogen) atoms. The van der Waals surface area contributed by atoms with Gasteiger partial charge in [0, 0.05) is 30.6 Å². The maximum atomic E-state index is 4.98. The fourth-order valence-corrected chi connectivity index (χ4v) is 3.95. The lowest BCUT2D eigenvalue weighted by Crippen LogP contribution is -2.24. The minimum Gasteiger partial charge on any atom is -0.348 e. The highest BCUT2D eigenvalue weighted by Gasteiger charge is 2.19. The highest BCUT2D eigenvalue weighted by molar-refractivity contribution is 7.15. The van der Waals surface area contributed by atoms with Crippen molar-refractivity contribution >= 4 is 16.5 Å². The van der Waals surface area contributed by atoms with E-state index in [0.29, 0.717) is 12.0 Å². The largest absolute Gasteiger partial charge is 0.348 e. The third kappa shape index (κ3) is 4.68. The van der Waals surface area contributed by atoms with Crippen LogP contribution in [0.25, 0.3) is 0 Å². The van der Waals surface area contributed by atoms with Gasteiger partial charge < -0.3 is 10.2 Å². The Morgan fingerprint density at radius 2 is 1.81 bits per heavy atom. The van der Waals surface area contributed by atoms with Gasteiger partial charge in [-0.25, -0.2) is 4.98 Å². The van der Waals surface area contributed by atoms with E-state index in [-0.39, 0.29) is 0 Å². The van der Waals surface area contributed by atoms with Gasteiger partial charge in [0.1, 0.15) is 0 Å². The zero-order chi connectivity index (χ0) is 15.2. The SMILES string of the molecule is CCC(C)NCc1sc(N2CCCCCC2)nc1C(C)C. The van der Waals surface area contributed by atoms with Crippen LogP contribution in [-0.2, 0) is 6.54 Å². The molecule has 1 saturated heterocycles. The summed E-state index contributed by atoms with van der Waals surface area (Å²) in [5, 5.41) is 4.88. The molecule has 1 atom stereocenters. The van der Waals surface area contributed by atoms with Gasteiger partial charge in [-0.1, -0.05) is 33.6 Å². The quantitative estimate of drug-likeness (QED) is 0.836. The predicted octanol–water partition coefficient (Wildman–Crippen LogP) is 4.54. The number of hydrogen-bond acceptors (Lipinski definition) is 4. The number of thiazole rings is 1. The van der Waals surface area contributed by atoms with Crippen LogP contribution in [0.3, 0.4) is 0 Å². The van der Waals surface area contributed by atoms with Gasteiger partial charge in [0.25, 0.3) is 0 Å². The third-order valence-electron chi connectivity index (χ3n) is 4.36. The summed E-state index contributed by atoms with van der Waals surface area (Å²) < 4.78 is 0. The van der Waals surface area contributed by atoms with Crippen molar-refractivity contribution in [1.82, 2.24) is 10.3 Å². The van der Waals surface area contributed by atoms with Crippen LogP contribution < -0.4 is 10.2 Å². The minimum absolute atomic E-state index is 0.510. The lowest BCUT2D eigenvalue weighted by Gasteiger charge is -2.18. The van der Waals surface area contributed by atoms with Crippen molar-refractivity contribution in [2.45, 2.75) is 78.3 Å². The Hall–Kier alpha value is -0.610. The lowest BCUT2D eigenvalue weighted by atomic mass is 10.1. The first-order valence-electron chi connectivity index (χ1n) is 8.59. The average molecular weight is 310 g/mol. The molecule has 1 unspecified atom stereocenters. The van der Waals surface area contributed by atoms with Gasteiger partial charge in [-0.2, -0.15) is 0 Å². The standard InChI is InChI=1S/C17H31N3S/c1-5-14(4)18-12-15-16(13(2)3)19-17(21-15)20-10-8-6-7-9-11-20/h13-14,18H,5-12H2,1-4H3. The average Bonchev–Trinajstić information content (AvgIpc) is 2.71. The van der Waals surface area contributed by atoms with E-state index in [0.717, 1.165) is 6.54 Å².